The third kappa shape index (κ3) is 4.17. The predicted molar refractivity (Wildman–Crippen MR) is 136 cm³/mol. The topological polar surface area (TPSA) is 60.3 Å². The lowest BCUT2D eigenvalue weighted by atomic mass is 10.2. The summed E-state index contributed by atoms with van der Waals surface area (Å²) in [5, 5.41) is 9.88. The molecule has 6 nitrogen and oxygen atoms in total. The minimum absolute atomic E-state index is 0.0550. The summed E-state index contributed by atoms with van der Waals surface area (Å²) in [7, 11) is 1.63. The van der Waals surface area contributed by atoms with Gasteiger partial charge in [0, 0.05) is 22.9 Å². The largest absolute Gasteiger partial charge is 0.496 e. The van der Waals surface area contributed by atoms with E-state index < -0.39 is 0 Å². The molecule has 5 rings (SSSR count). The van der Waals surface area contributed by atoms with Crippen molar-refractivity contribution < 1.29 is 9.53 Å². The van der Waals surface area contributed by atoms with Gasteiger partial charge < -0.3 is 9.64 Å². The zero-order valence-corrected chi connectivity index (χ0v) is 20.4. The van der Waals surface area contributed by atoms with Crippen LogP contribution in [0.2, 0.25) is 5.02 Å². The van der Waals surface area contributed by atoms with E-state index in [0.29, 0.717) is 28.3 Å². The number of thioether (sulfide) groups is 1. The van der Waals surface area contributed by atoms with Gasteiger partial charge in [-0.15, -0.1) is 10.2 Å². The molecule has 34 heavy (non-hydrogen) atoms. The Bertz CT molecular complexity index is 1340. The maximum atomic E-state index is 13.4. The lowest BCUT2D eigenvalue weighted by molar-refractivity contribution is -0.117. The van der Waals surface area contributed by atoms with Gasteiger partial charge in [0.2, 0.25) is 5.91 Å². The number of amides is 1. The van der Waals surface area contributed by atoms with Crippen molar-refractivity contribution in [1.29, 1.82) is 0 Å². The number of hydrogen-bond acceptors (Lipinski definition) is 5. The van der Waals surface area contributed by atoms with Gasteiger partial charge >= 0.3 is 0 Å². The number of nitrogens with zero attached hydrogens (tertiary/aromatic N) is 4. The van der Waals surface area contributed by atoms with Crippen LogP contribution in [0.15, 0.2) is 78.0 Å². The number of carbonyl (C=O) groups is 1. The average molecular weight is 491 g/mol. The first kappa shape index (κ1) is 22.5. The van der Waals surface area contributed by atoms with Crippen LogP contribution in [-0.4, -0.2) is 39.6 Å². The molecule has 1 aromatic heterocycles. The zero-order valence-electron chi connectivity index (χ0n) is 18.8. The summed E-state index contributed by atoms with van der Waals surface area (Å²) in [4.78, 5) is 15.3. The van der Waals surface area contributed by atoms with E-state index in [1.807, 2.05) is 83.1 Å². The molecule has 1 unspecified atom stereocenters. The molecule has 4 aromatic rings. The molecule has 1 aliphatic rings. The highest BCUT2D eigenvalue weighted by atomic mass is 35.5. The third-order valence-corrected chi connectivity index (χ3v) is 7.13. The molecule has 0 spiro atoms. The maximum absolute atomic E-state index is 13.4. The summed E-state index contributed by atoms with van der Waals surface area (Å²) in [6.07, 6.45) is 0.873. The van der Waals surface area contributed by atoms with E-state index >= 15 is 0 Å². The number of halogens is 1. The Labute approximate surface area is 207 Å². The smallest absolute Gasteiger partial charge is 0.240 e. The van der Waals surface area contributed by atoms with E-state index in [0.717, 1.165) is 23.4 Å². The molecule has 1 aliphatic heterocycles. The molecule has 172 valence electrons. The van der Waals surface area contributed by atoms with Crippen molar-refractivity contribution in [2.45, 2.75) is 23.8 Å². The van der Waals surface area contributed by atoms with Crippen molar-refractivity contribution in [3.63, 3.8) is 0 Å². The van der Waals surface area contributed by atoms with Crippen molar-refractivity contribution >= 4 is 35.0 Å². The monoisotopic (exact) mass is 490 g/mol. The second-order valence-corrected chi connectivity index (χ2v) is 9.69. The Morgan fingerprint density at radius 2 is 1.76 bits per heavy atom. The van der Waals surface area contributed by atoms with E-state index in [4.69, 9.17) is 16.3 Å². The number of carbonyl (C=O) groups excluding carboxylic acids is 1. The summed E-state index contributed by atoms with van der Waals surface area (Å²) in [5.41, 5.74) is 3.86. The Balaban J connectivity index is 1.51. The van der Waals surface area contributed by atoms with E-state index in [1.165, 1.54) is 17.3 Å². The van der Waals surface area contributed by atoms with Gasteiger partial charge in [0.1, 0.15) is 5.75 Å². The number of aromatic nitrogens is 3. The fourth-order valence-corrected chi connectivity index (χ4v) is 5.22. The van der Waals surface area contributed by atoms with Gasteiger partial charge in [0.05, 0.1) is 17.9 Å². The molecule has 0 aliphatic carbocycles. The van der Waals surface area contributed by atoms with Gasteiger partial charge in [-0.05, 0) is 61.4 Å². The first-order chi connectivity index (χ1) is 16.6. The van der Waals surface area contributed by atoms with Crippen molar-refractivity contribution in [3.05, 3.63) is 83.4 Å². The van der Waals surface area contributed by atoms with Gasteiger partial charge in [-0.1, -0.05) is 53.7 Å². The van der Waals surface area contributed by atoms with Crippen molar-refractivity contribution in [3.8, 4) is 22.8 Å². The van der Waals surface area contributed by atoms with Crippen LogP contribution >= 0.6 is 23.4 Å². The first-order valence-corrected chi connectivity index (χ1v) is 12.2. The molecular formula is C26H23ClN4O2S. The molecule has 0 fully saturated rings. The van der Waals surface area contributed by atoms with Crippen molar-refractivity contribution in [1.82, 2.24) is 14.8 Å². The minimum atomic E-state index is -0.355. The molecule has 2 heterocycles. The standard InChI is InChI=1S/C26H23ClN4O2S/c1-17(25(32)30-16-15-18-7-3-5-9-22(18)30)34-26-29-28-24(21-8-4-6-10-23(21)33-2)31(26)20-13-11-19(27)12-14-20/h3-14,17H,15-16H2,1-2H3. The molecule has 0 saturated heterocycles. The number of hydrogen-bond donors (Lipinski definition) is 0. The number of anilines is 1. The summed E-state index contributed by atoms with van der Waals surface area (Å²) < 4.78 is 7.51. The maximum Gasteiger partial charge on any atom is 0.240 e. The molecule has 0 saturated carbocycles. The highest BCUT2D eigenvalue weighted by molar-refractivity contribution is 8.00. The minimum Gasteiger partial charge on any atom is -0.496 e. The highest BCUT2D eigenvalue weighted by Gasteiger charge is 2.30. The first-order valence-electron chi connectivity index (χ1n) is 11.0. The molecule has 0 bridgehead atoms. The summed E-state index contributed by atoms with van der Waals surface area (Å²) in [6, 6.07) is 23.2. The van der Waals surface area contributed by atoms with Crippen molar-refractivity contribution in [2.24, 2.45) is 0 Å². The number of rotatable bonds is 6. The van der Waals surface area contributed by atoms with Crippen LogP contribution in [0, 0.1) is 0 Å². The Morgan fingerprint density at radius 3 is 2.56 bits per heavy atom. The normalized spacial score (nSPS) is 13.6. The lowest BCUT2D eigenvalue weighted by Crippen LogP contribution is -2.35. The van der Waals surface area contributed by atoms with Gasteiger partial charge in [0.15, 0.2) is 11.0 Å². The third-order valence-electron chi connectivity index (χ3n) is 5.85. The Morgan fingerprint density at radius 1 is 1.03 bits per heavy atom. The van der Waals surface area contributed by atoms with E-state index in [-0.39, 0.29) is 11.2 Å². The highest BCUT2D eigenvalue weighted by Crippen LogP contribution is 2.36. The Kier molecular flexibility index (Phi) is 6.30. The number of methoxy groups -OCH3 is 1. The molecular weight excluding hydrogens is 468 g/mol. The van der Waals surface area contributed by atoms with Gasteiger partial charge in [0.25, 0.3) is 0 Å². The lowest BCUT2D eigenvalue weighted by Gasteiger charge is -2.21. The summed E-state index contributed by atoms with van der Waals surface area (Å²) in [6.45, 7) is 2.61. The van der Waals surface area contributed by atoms with Gasteiger partial charge in [-0.2, -0.15) is 0 Å². The van der Waals surface area contributed by atoms with E-state index in [2.05, 4.69) is 16.3 Å². The van der Waals surface area contributed by atoms with Crippen molar-refractivity contribution in [2.75, 3.05) is 18.6 Å². The molecule has 0 N–H and O–H groups in total. The number of benzene rings is 3. The van der Waals surface area contributed by atoms with Gasteiger partial charge in [-0.3, -0.25) is 9.36 Å². The molecule has 1 amide bonds. The molecule has 0 radical (unpaired) electrons. The summed E-state index contributed by atoms with van der Waals surface area (Å²) in [5.74, 6) is 1.38. The van der Waals surface area contributed by atoms with Crippen LogP contribution in [0.5, 0.6) is 5.75 Å². The second-order valence-electron chi connectivity index (χ2n) is 7.95. The van der Waals surface area contributed by atoms with E-state index in [9.17, 15) is 4.79 Å². The van der Waals surface area contributed by atoms with Crippen LogP contribution in [0.1, 0.15) is 12.5 Å². The van der Waals surface area contributed by atoms with Crippen LogP contribution in [0.3, 0.4) is 0 Å². The molecule has 3 aromatic carbocycles. The fraction of sp³-hybridized carbons (Fsp3) is 0.192. The van der Waals surface area contributed by atoms with Crippen LogP contribution in [-0.2, 0) is 11.2 Å². The quantitative estimate of drug-likeness (QED) is 0.326. The number of ether oxygens (including phenoxy) is 1. The second kappa shape index (κ2) is 9.52. The zero-order chi connectivity index (χ0) is 23.7. The average Bonchev–Trinajstić information content (AvgIpc) is 3.48. The molecule has 1 atom stereocenters. The van der Waals surface area contributed by atoms with Crippen LogP contribution in [0.25, 0.3) is 17.1 Å². The van der Waals surface area contributed by atoms with Crippen LogP contribution in [0.4, 0.5) is 5.69 Å². The fourth-order valence-electron chi connectivity index (χ4n) is 4.17. The number of fused-ring (bicyclic) bond motifs is 1. The number of para-hydroxylation sites is 2. The van der Waals surface area contributed by atoms with Crippen LogP contribution < -0.4 is 9.64 Å². The summed E-state index contributed by atoms with van der Waals surface area (Å²) >= 11 is 7.53. The Hall–Kier alpha value is -3.29. The van der Waals surface area contributed by atoms with Gasteiger partial charge in [-0.25, -0.2) is 0 Å². The predicted octanol–water partition coefficient (Wildman–Crippen LogP) is 5.67. The molecule has 8 heteroatoms. The van der Waals surface area contributed by atoms with E-state index in [1.54, 1.807) is 7.11 Å². The SMILES string of the molecule is COc1ccccc1-c1nnc(SC(C)C(=O)N2CCc3ccccc32)n1-c1ccc(Cl)cc1.